The van der Waals surface area contributed by atoms with Crippen LogP contribution in [-0.4, -0.2) is 45.3 Å². The average molecular weight is 282 g/mol. The summed E-state index contributed by atoms with van der Waals surface area (Å²) < 4.78 is 5.46. The van der Waals surface area contributed by atoms with Crippen molar-refractivity contribution in [2.75, 3.05) is 6.61 Å². The second-order valence-corrected chi connectivity index (χ2v) is 5.40. The van der Waals surface area contributed by atoms with E-state index in [4.69, 9.17) is 4.74 Å². The third-order valence-electron chi connectivity index (χ3n) is 3.81. The summed E-state index contributed by atoms with van der Waals surface area (Å²) in [5, 5.41) is 38.6. The Hall–Kier alpha value is -1.30. The van der Waals surface area contributed by atoms with Crippen molar-refractivity contribution >= 4 is 0 Å². The minimum absolute atomic E-state index is 0.107. The largest absolute Gasteiger partial charge is 0.504 e. The quantitative estimate of drug-likeness (QED) is 0.606. The maximum Gasteiger partial charge on any atom is 0.160 e. The molecule has 1 saturated carbocycles. The van der Waals surface area contributed by atoms with Crippen LogP contribution >= 0.6 is 0 Å². The molecule has 112 valence electrons. The molecule has 0 heterocycles. The van der Waals surface area contributed by atoms with Crippen molar-refractivity contribution < 1.29 is 25.2 Å². The lowest BCUT2D eigenvalue weighted by Crippen LogP contribution is -2.42. The summed E-state index contributed by atoms with van der Waals surface area (Å²) in [5.74, 6) is 0.439. The van der Waals surface area contributed by atoms with E-state index in [-0.39, 0.29) is 18.1 Å². The predicted octanol–water partition coefficient (Wildman–Crippen LogP) is 1.04. The molecule has 20 heavy (non-hydrogen) atoms. The van der Waals surface area contributed by atoms with Crippen LogP contribution in [0.5, 0.6) is 11.5 Å². The molecule has 1 aromatic carbocycles. The SMILES string of the molecule is Oc1ccccc1OCCC[C@@H]1C[C@H](O)C[C@@H](O)[C@H]1O. The Morgan fingerprint density at radius 3 is 2.60 bits per heavy atom. The molecule has 5 heteroatoms. The first kappa shape index (κ1) is 15.1. The fourth-order valence-corrected chi connectivity index (χ4v) is 2.71. The Bertz CT molecular complexity index is 422. The summed E-state index contributed by atoms with van der Waals surface area (Å²) in [7, 11) is 0. The van der Waals surface area contributed by atoms with Crippen LogP contribution < -0.4 is 4.74 Å². The number of rotatable bonds is 5. The molecule has 1 aliphatic rings. The van der Waals surface area contributed by atoms with Crippen LogP contribution in [0.1, 0.15) is 25.7 Å². The van der Waals surface area contributed by atoms with Crippen molar-refractivity contribution in [1.29, 1.82) is 0 Å². The van der Waals surface area contributed by atoms with E-state index in [1.54, 1.807) is 24.3 Å². The highest BCUT2D eigenvalue weighted by molar-refractivity contribution is 5.37. The monoisotopic (exact) mass is 282 g/mol. The molecular formula is C15H22O5. The summed E-state index contributed by atoms with van der Waals surface area (Å²) in [5.41, 5.74) is 0. The molecule has 1 aliphatic carbocycles. The normalized spacial score (nSPS) is 30.1. The zero-order valence-electron chi connectivity index (χ0n) is 11.4. The molecule has 1 aromatic rings. The number of ether oxygens (including phenoxy) is 1. The van der Waals surface area contributed by atoms with Crippen LogP contribution in [0.3, 0.4) is 0 Å². The van der Waals surface area contributed by atoms with Gasteiger partial charge in [0, 0.05) is 6.42 Å². The van der Waals surface area contributed by atoms with Crippen LogP contribution in [0, 0.1) is 5.92 Å². The average Bonchev–Trinajstić information content (AvgIpc) is 2.41. The zero-order chi connectivity index (χ0) is 14.5. The topological polar surface area (TPSA) is 90.2 Å². The number of para-hydroxylation sites is 2. The van der Waals surface area contributed by atoms with Crippen molar-refractivity contribution in [1.82, 2.24) is 0 Å². The van der Waals surface area contributed by atoms with Crippen LogP contribution in [0.4, 0.5) is 0 Å². The van der Waals surface area contributed by atoms with Crippen LogP contribution in [0.25, 0.3) is 0 Å². The van der Waals surface area contributed by atoms with Gasteiger partial charge in [0.1, 0.15) is 0 Å². The number of phenolic OH excluding ortho intramolecular Hbond substituents is 1. The maximum atomic E-state index is 9.87. The Kier molecular flexibility index (Phi) is 5.23. The molecule has 0 aliphatic heterocycles. The molecule has 0 spiro atoms. The molecule has 0 saturated heterocycles. The third-order valence-corrected chi connectivity index (χ3v) is 3.81. The smallest absolute Gasteiger partial charge is 0.160 e. The minimum atomic E-state index is -0.845. The Labute approximate surface area is 118 Å². The first-order valence-electron chi connectivity index (χ1n) is 7.03. The fourth-order valence-electron chi connectivity index (χ4n) is 2.71. The van der Waals surface area contributed by atoms with Gasteiger partial charge in [-0.3, -0.25) is 0 Å². The van der Waals surface area contributed by atoms with Gasteiger partial charge in [-0.25, -0.2) is 0 Å². The fraction of sp³-hybridized carbons (Fsp3) is 0.600. The van der Waals surface area contributed by atoms with Gasteiger partial charge in [0.05, 0.1) is 24.9 Å². The molecule has 0 bridgehead atoms. The molecule has 1 fully saturated rings. The van der Waals surface area contributed by atoms with Gasteiger partial charge in [0.2, 0.25) is 0 Å². The van der Waals surface area contributed by atoms with E-state index < -0.39 is 18.3 Å². The highest BCUT2D eigenvalue weighted by Gasteiger charge is 2.34. The van der Waals surface area contributed by atoms with Gasteiger partial charge in [-0.2, -0.15) is 0 Å². The van der Waals surface area contributed by atoms with E-state index in [1.165, 1.54) is 0 Å². The van der Waals surface area contributed by atoms with Crippen LogP contribution in [0.2, 0.25) is 0 Å². The Morgan fingerprint density at radius 2 is 1.85 bits per heavy atom. The lowest BCUT2D eigenvalue weighted by molar-refractivity contribution is -0.0858. The minimum Gasteiger partial charge on any atom is -0.504 e. The van der Waals surface area contributed by atoms with Gasteiger partial charge in [0.25, 0.3) is 0 Å². The summed E-state index contributed by atoms with van der Waals surface area (Å²) >= 11 is 0. The highest BCUT2D eigenvalue weighted by atomic mass is 16.5. The highest BCUT2D eigenvalue weighted by Crippen LogP contribution is 2.29. The number of aliphatic hydroxyl groups is 3. The van der Waals surface area contributed by atoms with Crippen molar-refractivity contribution in [2.24, 2.45) is 5.92 Å². The number of aliphatic hydroxyl groups excluding tert-OH is 3. The summed E-state index contributed by atoms with van der Waals surface area (Å²) in [4.78, 5) is 0. The molecular weight excluding hydrogens is 260 g/mol. The van der Waals surface area contributed by atoms with E-state index in [2.05, 4.69) is 0 Å². The standard InChI is InChI=1S/C15H22O5/c16-11-8-10(15(19)13(18)9-11)4-3-7-20-14-6-2-1-5-12(14)17/h1-2,5-6,10-11,13,15-19H,3-4,7-9H2/t10-,11+,13-,15+/m1/s1. The summed E-state index contributed by atoms with van der Waals surface area (Å²) in [6.45, 7) is 0.424. The molecule has 4 N–H and O–H groups in total. The lowest BCUT2D eigenvalue weighted by atomic mass is 9.80. The Morgan fingerprint density at radius 1 is 1.10 bits per heavy atom. The van der Waals surface area contributed by atoms with Gasteiger partial charge < -0.3 is 25.2 Å². The molecule has 0 aromatic heterocycles. The van der Waals surface area contributed by atoms with Gasteiger partial charge in [-0.1, -0.05) is 12.1 Å². The Balaban J connectivity index is 1.74. The van der Waals surface area contributed by atoms with Gasteiger partial charge >= 0.3 is 0 Å². The van der Waals surface area contributed by atoms with Gasteiger partial charge in [-0.05, 0) is 37.3 Å². The summed E-state index contributed by atoms with van der Waals surface area (Å²) in [6, 6.07) is 6.77. The maximum absolute atomic E-state index is 9.87. The van der Waals surface area contributed by atoms with Gasteiger partial charge in [0.15, 0.2) is 11.5 Å². The van der Waals surface area contributed by atoms with Crippen molar-refractivity contribution in [3.63, 3.8) is 0 Å². The molecule has 4 atom stereocenters. The predicted molar refractivity (Wildman–Crippen MR) is 73.6 cm³/mol. The van der Waals surface area contributed by atoms with E-state index in [9.17, 15) is 20.4 Å². The second kappa shape index (κ2) is 6.92. The molecule has 0 radical (unpaired) electrons. The number of benzene rings is 1. The van der Waals surface area contributed by atoms with E-state index >= 15 is 0 Å². The molecule has 5 nitrogen and oxygen atoms in total. The van der Waals surface area contributed by atoms with Crippen molar-refractivity contribution in [3.05, 3.63) is 24.3 Å². The van der Waals surface area contributed by atoms with Gasteiger partial charge in [-0.15, -0.1) is 0 Å². The van der Waals surface area contributed by atoms with Crippen LogP contribution in [0.15, 0.2) is 24.3 Å². The van der Waals surface area contributed by atoms with E-state index in [0.29, 0.717) is 31.6 Å². The first-order valence-corrected chi connectivity index (χ1v) is 7.03. The van der Waals surface area contributed by atoms with Crippen molar-refractivity contribution in [3.8, 4) is 11.5 Å². The lowest BCUT2D eigenvalue weighted by Gasteiger charge is -2.34. The van der Waals surface area contributed by atoms with Crippen LogP contribution in [-0.2, 0) is 0 Å². The van der Waals surface area contributed by atoms with E-state index in [0.717, 1.165) is 0 Å². The third kappa shape index (κ3) is 3.85. The molecule has 0 unspecified atom stereocenters. The van der Waals surface area contributed by atoms with Crippen molar-refractivity contribution in [2.45, 2.75) is 44.0 Å². The van der Waals surface area contributed by atoms with E-state index in [1.807, 2.05) is 0 Å². The molecule has 0 amide bonds. The molecule has 2 rings (SSSR count). The second-order valence-electron chi connectivity index (χ2n) is 5.40. The number of aromatic hydroxyl groups is 1. The number of phenols is 1. The number of hydrogen-bond donors (Lipinski definition) is 4. The number of hydrogen-bond acceptors (Lipinski definition) is 5. The summed E-state index contributed by atoms with van der Waals surface area (Å²) in [6.07, 6.45) is -0.0527. The first-order chi connectivity index (χ1) is 9.58. The zero-order valence-corrected chi connectivity index (χ0v) is 11.4.